The summed E-state index contributed by atoms with van der Waals surface area (Å²) in [5.41, 5.74) is 1.76. The van der Waals surface area contributed by atoms with Crippen LogP contribution in [-0.2, 0) is 23.0 Å². The van der Waals surface area contributed by atoms with E-state index < -0.39 is 20.9 Å². The zero-order chi connectivity index (χ0) is 16.7. The Hall–Kier alpha value is -0.950. The van der Waals surface area contributed by atoms with Crippen molar-refractivity contribution in [3.63, 3.8) is 0 Å². The van der Waals surface area contributed by atoms with Crippen molar-refractivity contribution in [2.75, 3.05) is 26.2 Å². The first-order chi connectivity index (χ1) is 10.8. The molecule has 0 bridgehead atoms. The van der Waals surface area contributed by atoms with E-state index in [4.69, 9.17) is 0 Å². The van der Waals surface area contributed by atoms with Crippen molar-refractivity contribution in [2.24, 2.45) is 0 Å². The van der Waals surface area contributed by atoms with Crippen LogP contribution in [-0.4, -0.2) is 59.8 Å². The van der Waals surface area contributed by atoms with E-state index in [2.05, 4.69) is 23.1 Å². The van der Waals surface area contributed by atoms with Crippen molar-refractivity contribution in [1.82, 2.24) is 9.21 Å². The van der Waals surface area contributed by atoms with Gasteiger partial charge in [0.25, 0.3) is 0 Å². The molecule has 1 aromatic carbocycles. The highest BCUT2D eigenvalue weighted by Gasteiger charge is 2.43. The summed E-state index contributed by atoms with van der Waals surface area (Å²) in [7, 11) is -3.28. The van der Waals surface area contributed by atoms with Gasteiger partial charge in [-0.2, -0.15) is 4.31 Å². The Morgan fingerprint density at radius 2 is 1.91 bits per heavy atom. The average Bonchev–Trinajstić information content (AvgIpc) is 2.89. The zero-order valence-corrected chi connectivity index (χ0v) is 14.7. The molecule has 1 saturated heterocycles. The lowest BCUT2D eigenvalue weighted by atomic mass is 9.97. The van der Waals surface area contributed by atoms with Crippen LogP contribution < -0.4 is 0 Å². The Kier molecular flexibility index (Phi) is 4.53. The summed E-state index contributed by atoms with van der Waals surface area (Å²) in [5, 5.41) is 10.4. The average molecular weight is 338 g/mol. The molecule has 6 heteroatoms. The number of hydrogen-bond acceptors (Lipinski definition) is 4. The van der Waals surface area contributed by atoms with E-state index in [0.717, 1.165) is 19.5 Å². The van der Waals surface area contributed by atoms with Crippen LogP contribution >= 0.6 is 0 Å². The first kappa shape index (κ1) is 16.9. The number of rotatable bonds is 4. The van der Waals surface area contributed by atoms with Crippen LogP contribution in [0.25, 0.3) is 0 Å². The summed E-state index contributed by atoms with van der Waals surface area (Å²) in [6.07, 6.45) is 1.50. The Morgan fingerprint density at radius 3 is 2.61 bits per heavy atom. The summed E-state index contributed by atoms with van der Waals surface area (Å²) < 4.78 is 26.0. The second-order valence-electron chi connectivity index (χ2n) is 7.13. The van der Waals surface area contributed by atoms with Crippen LogP contribution in [0, 0.1) is 0 Å². The Balaban J connectivity index is 1.65. The molecule has 0 aliphatic carbocycles. The van der Waals surface area contributed by atoms with Crippen LogP contribution in [0.15, 0.2) is 24.3 Å². The van der Waals surface area contributed by atoms with Crippen molar-refractivity contribution >= 4 is 10.0 Å². The third-order valence-corrected chi connectivity index (χ3v) is 7.20. The maximum absolute atomic E-state index is 12.3. The van der Waals surface area contributed by atoms with Gasteiger partial charge in [-0.05, 0) is 37.8 Å². The van der Waals surface area contributed by atoms with Crippen molar-refractivity contribution in [3.8, 4) is 0 Å². The minimum atomic E-state index is -3.28. The number of hydrogen-bond donors (Lipinski definition) is 1. The molecule has 2 aliphatic rings. The molecule has 1 unspecified atom stereocenters. The number of sulfonamides is 1. The molecule has 1 fully saturated rings. The molecule has 0 amide bonds. The summed E-state index contributed by atoms with van der Waals surface area (Å²) in [4.78, 5) is 2.24. The maximum Gasteiger partial charge on any atom is 0.216 e. The fourth-order valence-corrected chi connectivity index (χ4v) is 4.93. The summed E-state index contributed by atoms with van der Waals surface area (Å²) in [6.45, 7) is 6.28. The van der Waals surface area contributed by atoms with Gasteiger partial charge < -0.3 is 5.11 Å². The first-order valence-electron chi connectivity index (χ1n) is 8.31. The van der Waals surface area contributed by atoms with Gasteiger partial charge in [-0.3, -0.25) is 4.90 Å². The van der Waals surface area contributed by atoms with Gasteiger partial charge in [-0.25, -0.2) is 8.42 Å². The summed E-state index contributed by atoms with van der Waals surface area (Å²) in [6, 6.07) is 8.40. The highest BCUT2D eigenvalue weighted by atomic mass is 32.2. The van der Waals surface area contributed by atoms with Gasteiger partial charge in [-0.1, -0.05) is 24.3 Å². The second-order valence-corrected chi connectivity index (χ2v) is 9.62. The summed E-state index contributed by atoms with van der Waals surface area (Å²) in [5.74, 6) is 0. The van der Waals surface area contributed by atoms with Crippen LogP contribution in [0.4, 0.5) is 0 Å². The SMILES string of the molecule is CC(C)S(=O)(=O)N1CCC(O)(CN2CCc3ccccc3C2)C1. The minimum Gasteiger partial charge on any atom is -0.387 e. The lowest BCUT2D eigenvalue weighted by molar-refractivity contribution is 0.0126. The topological polar surface area (TPSA) is 60.9 Å². The molecule has 128 valence electrons. The molecule has 0 aromatic heterocycles. The van der Waals surface area contributed by atoms with Crippen molar-refractivity contribution in [2.45, 2.75) is 44.1 Å². The highest BCUT2D eigenvalue weighted by molar-refractivity contribution is 7.89. The predicted molar refractivity (Wildman–Crippen MR) is 90.6 cm³/mol. The molecule has 1 N–H and O–H groups in total. The molecule has 0 spiro atoms. The van der Waals surface area contributed by atoms with Crippen LogP contribution in [0.5, 0.6) is 0 Å². The van der Waals surface area contributed by atoms with Gasteiger partial charge in [0, 0.05) is 32.7 Å². The van der Waals surface area contributed by atoms with E-state index in [9.17, 15) is 13.5 Å². The molecule has 2 heterocycles. The van der Waals surface area contributed by atoms with E-state index in [1.54, 1.807) is 13.8 Å². The van der Waals surface area contributed by atoms with Gasteiger partial charge in [0.05, 0.1) is 10.9 Å². The lowest BCUT2D eigenvalue weighted by Crippen LogP contribution is -2.47. The van der Waals surface area contributed by atoms with Gasteiger partial charge in [-0.15, -0.1) is 0 Å². The molecule has 0 saturated carbocycles. The fourth-order valence-electron chi connectivity index (χ4n) is 3.57. The van der Waals surface area contributed by atoms with Gasteiger partial charge >= 0.3 is 0 Å². The maximum atomic E-state index is 12.3. The van der Waals surface area contributed by atoms with Crippen molar-refractivity contribution < 1.29 is 13.5 Å². The quantitative estimate of drug-likeness (QED) is 0.897. The van der Waals surface area contributed by atoms with Crippen LogP contribution in [0.3, 0.4) is 0 Å². The molecular weight excluding hydrogens is 312 g/mol. The smallest absolute Gasteiger partial charge is 0.216 e. The van der Waals surface area contributed by atoms with Gasteiger partial charge in [0.1, 0.15) is 0 Å². The van der Waals surface area contributed by atoms with Crippen molar-refractivity contribution in [1.29, 1.82) is 0 Å². The second kappa shape index (κ2) is 6.16. The number of nitrogens with zero attached hydrogens (tertiary/aromatic N) is 2. The van der Waals surface area contributed by atoms with Crippen LogP contribution in [0.1, 0.15) is 31.4 Å². The number of aliphatic hydroxyl groups is 1. The minimum absolute atomic E-state index is 0.214. The van der Waals surface area contributed by atoms with Gasteiger partial charge in [0.15, 0.2) is 0 Å². The fraction of sp³-hybridized carbons (Fsp3) is 0.647. The molecular formula is C17H26N2O3S. The first-order valence-corrected chi connectivity index (χ1v) is 9.81. The predicted octanol–water partition coefficient (Wildman–Crippen LogP) is 1.22. The molecule has 23 heavy (non-hydrogen) atoms. The third-order valence-electron chi connectivity index (χ3n) is 4.98. The highest BCUT2D eigenvalue weighted by Crippen LogP contribution is 2.28. The van der Waals surface area contributed by atoms with E-state index in [-0.39, 0.29) is 6.54 Å². The van der Waals surface area contributed by atoms with Crippen molar-refractivity contribution in [3.05, 3.63) is 35.4 Å². The van der Waals surface area contributed by atoms with E-state index in [1.807, 2.05) is 6.07 Å². The molecule has 3 rings (SSSR count). The number of β-amino-alcohol motifs (C(OH)–C–C–N with tert-alkyl or cyclic N) is 1. The summed E-state index contributed by atoms with van der Waals surface area (Å²) >= 11 is 0. The third kappa shape index (κ3) is 3.45. The molecule has 2 aliphatic heterocycles. The Morgan fingerprint density at radius 1 is 1.22 bits per heavy atom. The largest absolute Gasteiger partial charge is 0.387 e. The van der Waals surface area contributed by atoms with E-state index in [0.29, 0.717) is 19.5 Å². The molecule has 1 aromatic rings. The Labute approximate surface area is 139 Å². The molecule has 5 nitrogen and oxygen atoms in total. The Bertz CT molecular complexity index is 674. The number of benzene rings is 1. The molecule has 0 radical (unpaired) electrons. The standard InChI is InChI=1S/C17H26N2O3S/c1-14(2)23(21,22)19-10-8-17(20,13-19)12-18-9-7-15-5-3-4-6-16(15)11-18/h3-6,14,20H,7-13H2,1-2H3. The monoisotopic (exact) mass is 338 g/mol. The zero-order valence-electron chi connectivity index (χ0n) is 13.9. The van der Waals surface area contributed by atoms with Crippen LogP contribution in [0.2, 0.25) is 0 Å². The molecule has 1 atom stereocenters. The lowest BCUT2D eigenvalue weighted by Gasteiger charge is -2.34. The van der Waals surface area contributed by atoms with Gasteiger partial charge in [0.2, 0.25) is 10.0 Å². The van der Waals surface area contributed by atoms with E-state index in [1.165, 1.54) is 15.4 Å². The normalized spacial score (nSPS) is 26.6. The number of fused-ring (bicyclic) bond motifs is 1. The van der Waals surface area contributed by atoms with E-state index >= 15 is 0 Å².